The highest BCUT2D eigenvalue weighted by atomic mass is 32.2. The summed E-state index contributed by atoms with van der Waals surface area (Å²) in [5.41, 5.74) is 7.52. The second-order valence-corrected chi connectivity index (χ2v) is 11.1. The topological polar surface area (TPSA) is 118 Å². The molecule has 4 N–H and O–H groups in total. The van der Waals surface area contributed by atoms with Crippen LogP contribution in [0.15, 0.2) is 46.3 Å². The standard InChI is InChI=1S/C21H29N7O2S2/c1-27(2)32(29,30)18-9-8-16(12-17(18)31-3)25-21-13-19(26-20-10-11-23-28(20)21)24-15-6-4-14(22)5-7-15/h8-15,25H,4-7,22H2,1-3H3,(H,24,26). The molecule has 2 aromatic heterocycles. The number of thioether (sulfide) groups is 1. The van der Waals surface area contributed by atoms with Crippen molar-refractivity contribution in [1.82, 2.24) is 18.9 Å². The molecule has 0 radical (unpaired) electrons. The Morgan fingerprint density at radius 1 is 1.16 bits per heavy atom. The third kappa shape index (κ3) is 4.70. The maximum Gasteiger partial charge on any atom is 0.243 e. The summed E-state index contributed by atoms with van der Waals surface area (Å²) >= 11 is 1.39. The van der Waals surface area contributed by atoms with Gasteiger partial charge in [-0.05, 0) is 50.1 Å². The van der Waals surface area contributed by atoms with E-state index in [-0.39, 0.29) is 4.90 Å². The van der Waals surface area contributed by atoms with Crippen LogP contribution >= 0.6 is 11.8 Å². The average molecular weight is 476 g/mol. The molecule has 11 heteroatoms. The van der Waals surface area contributed by atoms with Gasteiger partial charge in [-0.15, -0.1) is 11.8 Å². The van der Waals surface area contributed by atoms with E-state index in [0.29, 0.717) is 17.0 Å². The van der Waals surface area contributed by atoms with E-state index >= 15 is 0 Å². The fraction of sp³-hybridized carbons (Fsp3) is 0.429. The number of anilines is 3. The van der Waals surface area contributed by atoms with E-state index in [2.05, 4.69) is 20.7 Å². The lowest BCUT2D eigenvalue weighted by molar-refractivity contribution is 0.410. The minimum atomic E-state index is -3.52. The van der Waals surface area contributed by atoms with Gasteiger partial charge in [-0.1, -0.05) is 0 Å². The van der Waals surface area contributed by atoms with Gasteiger partial charge in [0.05, 0.1) is 11.1 Å². The Labute approximate surface area is 192 Å². The lowest BCUT2D eigenvalue weighted by Crippen LogP contribution is -2.33. The van der Waals surface area contributed by atoms with Crippen LogP contribution < -0.4 is 16.4 Å². The molecule has 1 fully saturated rings. The second-order valence-electron chi connectivity index (χ2n) is 8.16. The van der Waals surface area contributed by atoms with E-state index < -0.39 is 10.0 Å². The maximum absolute atomic E-state index is 12.6. The highest BCUT2D eigenvalue weighted by Gasteiger charge is 2.22. The summed E-state index contributed by atoms with van der Waals surface area (Å²) in [4.78, 5) is 5.64. The van der Waals surface area contributed by atoms with Gasteiger partial charge >= 0.3 is 0 Å². The first-order chi connectivity index (χ1) is 15.3. The SMILES string of the molecule is CSc1cc(Nc2cc(NC3CCC(N)CC3)nc3ccnn23)ccc1S(=O)(=O)N(C)C. The van der Waals surface area contributed by atoms with Gasteiger partial charge in [-0.2, -0.15) is 9.61 Å². The van der Waals surface area contributed by atoms with E-state index in [1.807, 2.05) is 24.5 Å². The number of nitrogens with zero attached hydrogens (tertiary/aromatic N) is 4. The van der Waals surface area contributed by atoms with Crippen molar-refractivity contribution in [2.45, 2.75) is 47.6 Å². The van der Waals surface area contributed by atoms with Crippen LogP contribution in [0.25, 0.3) is 5.65 Å². The number of sulfonamides is 1. The highest BCUT2D eigenvalue weighted by Crippen LogP contribution is 2.31. The summed E-state index contributed by atoms with van der Waals surface area (Å²) in [5.74, 6) is 1.52. The minimum Gasteiger partial charge on any atom is -0.367 e. The van der Waals surface area contributed by atoms with Crippen LogP contribution in [0, 0.1) is 0 Å². The predicted octanol–water partition coefficient (Wildman–Crippen LogP) is 3.13. The van der Waals surface area contributed by atoms with Gasteiger partial charge in [0.1, 0.15) is 11.6 Å². The van der Waals surface area contributed by atoms with Gasteiger partial charge in [-0.3, -0.25) is 0 Å². The van der Waals surface area contributed by atoms with Crippen LogP contribution in [0.3, 0.4) is 0 Å². The van der Waals surface area contributed by atoms with Crippen molar-refractivity contribution >= 4 is 44.8 Å². The van der Waals surface area contributed by atoms with E-state index in [1.165, 1.54) is 30.2 Å². The van der Waals surface area contributed by atoms with Crippen LogP contribution in [0.4, 0.5) is 17.3 Å². The van der Waals surface area contributed by atoms with Crippen molar-refractivity contribution in [3.05, 3.63) is 36.5 Å². The van der Waals surface area contributed by atoms with Crippen LogP contribution in [0.2, 0.25) is 0 Å². The molecule has 2 heterocycles. The summed E-state index contributed by atoms with van der Waals surface area (Å²) in [7, 11) is -0.457. The molecule has 0 amide bonds. The first-order valence-electron chi connectivity index (χ1n) is 10.5. The number of fused-ring (bicyclic) bond motifs is 1. The van der Waals surface area contributed by atoms with Crippen LogP contribution in [0.1, 0.15) is 25.7 Å². The highest BCUT2D eigenvalue weighted by molar-refractivity contribution is 7.99. The third-order valence-corrected chi connectivity index (χ3v) is 8.46. The Hall–Kier alpha value is -2.34. The fourth-order valence-electron chi connectivity index (χ4n) is 3.85. The van der Waals surface area contributed by atoms with Gasteiger partial charge in [0.2, 0.25) is 10.0 Å². The van der Waals surface area contributed by atoms with E-state index in [9.17, 15) is 8.42 Å². The zero-order valence-corrected chi connectivity index (χ0v) is 20.1. The number of aromatic nitrogens is 3. The maximum atomic E-state index is 12.6. The average Bonchev–Trinajstić information content (AvgIpc) is 3.24. The minimum absolute atomic E-state index is 0.289. The Balaban J connectivity index is 1.63. The van der Waals surface area contributed by atoms with Crippen molar-refractivity contribution in [2.75, 3.05) is 31.0 Å². The molecule has 32 heavy (non-hydrogen) atoms. The Kier molecular flexibility index (Phi) is 6.61. The predicted molar refractivity (Wildman–Crippen MR) is 129 cm³/mol. The third-order valence-electron chi connectivity index (χ3n) is 5.68. The van der Waals surface area contributed by atoms with Crippen molar-refractivity contribution in [2.24, 2.45) is 5.73 Å². The number of benzene rings is 1. The largest absolute Gasteiger partial charge is 0.367 e. The molecule has 1 aliphatic rings. The number of hydrogen-bond acceptors (Lipinski definition) is 8. The summed E-state index contributed by atoms with van der Waals surface area (Å²) < 4.78 is 28.2. The van der Waals surface area contributed by atoms with Crippen molar-refractivity contribution in [3.8, 4) is 0 Å². The zero-order valence-electron chi connectivity index (χ0n) is 18.4. The first-order valence-corrected chi connectivity index (χ1v) is 13.2. The summed E-state index contributed by atoms with van der Waals surface area (Å²) in [6.45, 7) is 0. The lowest BCUT2D eigenvalue weighted by Gasteiger charge is -2.27. The quantitative estimate of drug-likeness (QED) is 0.446. The molecule has 0 bridgehead atoms. The van der Waals surface area contributed by atoms with E-state index in [4.69, 9.17) is 5.73 Å². The molecule has 0 unspecified atom stereocenters. The fourth-order valence-corrected chi connectivity index (χ4v) is 5.88. The lowest BCUT2D eigenvalue weighted by atomic mass is 9.92. The van der Waals surface area contributed by atoms with Gasteiger partial charge < -0.3 is 16.4 Å². The number of nitrogens with two attached hydrogens (primary N) is 1. The Morgan fingerprint density at radius 3 is 2.59 bits per heavy atom. The van der Waals surface area contributed by atoms with Crippen molar-refractivity contribution < 1.29 is 8.42 Å². The summed E-state index contributed by atoms with van der Waals surface area (Å²) in [6.07, 6.45) is 7.64. The molecule has 0 atom stereocenters. The van der Waals surface area contributed by atoms with Gasteiger partial charge in [0.25, 0.3) is 0 Å². The molecule has 3 aromatic rings. The van der Waals surface area contributed by atoms with Crippen LogP contribution in [-0.2, 0) is 10.0 Å². The molecule has 0 aliphatic heterocycles. The normalized spacial score (nSPS) is 19.4. The van der Waals surface area contributed by atoms with E-state index in [1.54, 1.807) is 22.8 Å². The number of rotatable bonds is 7. The number of hydrogen-bond donors (Lipinski definition) is 3. The smallest absolute Gasteiger partial charge is 0.243 e. The molecule has 9 nitrogen and oxygen atoms in total. The van der Waals surface area contributed by atoms with Gasteiger partial charge in [0.15, 0.2) is 5.65 Å². The molecule has 1 saturated carbocycles. The van der Waals surface area contributed by atoms with Gasteiger partial charge in [-0.25, -0.2) is 17.7 Å². The summed E-state index contributed by atoms with van der Waals surface area (Å²) in [6, 6.07) is 9.66. The molecular weight excluding hydrogens is 446 g/mol. The second kappa shape index (κ2) is 9.26. The molecular formula is C21H29N7O2S2. The van der Waals surface area contributed by atoms with Crippen molar-refractivity contribution in [3.63, 3.8) is 0 Å². The van der Waals surface area contributed by atoms with Crippen LogP contribution in [-0.4, -0.2) is 59.8 Å². The van der Waals surface area contributed by atoms with Gasteiger partial charge in [0, 0.05) is 48.9 Å². The Morgan fingerprint density at radius 2 is 1.91 bits per heavy atom. The first kappa shape index (κ1) is 22.8. The molecule has 0 spiro atoms. The number of nitrogens with one attached hydrogen (secondary N) is 2. The Bertz CT molecular complexity index is 1200. The molecule has 0 saturated heterocycles. The van der Waals surface area contributed by atoms with E-state index in [0.717, 1.165) is 48.7 Å². The monoisotopic (exact) mass is 475 g/mol. The molecule has 4 rings (SSSR count). The summed E-state index contributed by atoms with van der Waals surface area (Å²) in [5, 5.41) is 11.3. The molecule has 1 aliphatic carbocycles. The molecule has 172 valence electrons. The zero-order chi connectivity index (χ0) is 22.9. The molecule has 1 aromatic carbocycles. The van der Waals surface area contributed by atoms with Crippen LogP contribution in [0.5, 0.6) is 0 Å². The van der Waals surface area contributed by atoms with Crippen molar-refractivity contribution in [1.29, 1.82) is 0 Å².